The maximum atomic E-state index is 12.2. The molecule has 0 aliphatic rings. The van der Waals surface area contributed by atoms with Crippen LogP contribution in [0.2, 0.25) is 0 Å². The molecule has 0 atom stereocenters. The van der Waals surface area contributed by atoms with Crippen LogP contribution in [0.4, 0.5) is 5.69 Å². The smallest absolute Gasteiger partial charge is 0.244 e. The highest BCUT2D eigenvalue weighted by Crippen LogP contribution is 2.12. The van der Waals surface area contributed by atoms with Crippen LogP contribution in [-0.2, 0) is 11.3 Å². The van der Waals surface area contributed by atoms with Crippen molar-refractivity contribution in [3.05, 3.63) is 76.6 Å². The number of aromatic nitrogens is 1. The second-order valence-corrected chi connectivity index (χ2v) is 5.24. The standard InChI is InChI=1S/C18H16N2O2/c1-13-5-4-6-14(11-13)19-18(22)12-20-10-9-17(21)15-7-2-3-8-16(15)20/h2-11H,12H2,1H3,(H,19,22). The van der Waals surface area contributed by atoms with Gasteiger partial charge in [0.05, 0.1) is 5.52 Å². The van der Waals surface area contributed by atoms with E-state index in [0.29, 0.717) is 5.39 Å². The van der Waals surface area contributed by atoms with Crippen LogP contribution in [0.3, 0.4) is 0 Å². The number of anilines is 1. The molecule has 1 aromatic heterocycles. The third kappa shape index (κ3) is 2.91. The van der Waals surface area contributed by atoms with Gasteiger partial charge in [-0.3, -0.25) is 9.59 Å². The summed E-state index contributed by atoms with van der Waals surface area (Å²) in [5.41, 5.74) is 2.59. The minimum absolute atomic E-state index is 0.0362. The van der Waals surface area contributed by atoms with Crippen LogP contribution in [0, 0.1) is 6.92 Å². The number of rotatable bonds is 3. The van der Waals surface area contributed by atoms with Gasteiger partial charge in [0.2, 0.25) is 5.91 Å². The Morgan fingerprint density at radius 3 is 2.73 bits per heavy atom. The molecule has 1 N–H and O–H groups in total. The molecule has 0 saturated carbocycles. The highest BCUT2D eigenvalue weighted by molar-refractivity contribution is 5.91. The molecule has 2 aromatic carbocycles. The van der Waals surface area contributed by atoms with Crippen molar-refractivity contribution in [2.75, 3.05) is 5.32 Å². The van der Waals surface area contributed by atoms with E-state index in [1.165, 1.54) is 6.07 Å². The molecule has 0 aliphatic carbocycles. The van der Waals surface area contributed by atoms with Gasteiger partial charge in [-0.2, -0.15) is 0 Å². The summed E-state index contributed by atoms with van der Waals surface area (Å²) < 4.78 is 1.78. The van der Waals surface area contributed by atoms with Gasteiger partial charge in [-0.25, -0.2) is 0 Å². The molecule has 0 radical (unpaired) electrons. The Bertz CT molecular complexity index is 897. The highest BCUT2D eigenvalue weighted by atomic mass is 16.2. The van der Waals surface area contributed by atoms with Gasteiger partial charge in [-0.1, -0.05) is 24.3 Å². The van der Waals surface area contributed by atoms with E-state index in [-0.39, 0.29) is 17.9 Å². The predicted molar refractivity (Wildman–Crippen MR) is 88.0 cm³/mol. The molecule has 1 amide bonds. The normalized spacial score (nSPS) is 10.6. The Morgan fingerprint density at radius 2 is 1.91 bits per heavy atom. The molecule has 0 saturated heterocycles. The number of para-hydroxylation sites is 1. The second kappa shape index (κ2) is 5.85. The van der Waals surface area contributed by atoms with Gasteiger partial charge >= 0.3 is 0 Å². The lowest BCUT2D eigenvalue weighted by Crippen LogP contribution is -2.20. The summed E-state index contributed by atoms with van der Waals surface area (Å²) in [6, 6.07) is 16.4. The first-order valence-electron chi connectivity index (χ1n) is 7.08. The molecule has 0 aliphatic heterocycles. The van der Waals surface area contributed by atoms with Gasteiger partial charge in [-0.15, -0.1) is 0 Å². The summed E-state index contributed by atoms with van der Waals surface area (Å²) in [5.74, 6) is -0.126. The molecule has 110 valence electrons. The third-order valence-electron chi connectivity index (χ3n) is 3.50. The van der Waals surface area contributed by atoms with Crippen molar-refractivity contribution >= 4 is 22.5 Å². The molecule has 0 unspecified atom stereocenters. The highest BCUT2D eigenvalue weighted by Gasteiger charge is 2.07. The maximum Gasteiger partial charge on any atom is 0.244 e. The molecule has 4 heteroatoms. The number of fused-ring (bicyclic) bond motifs is 1. The first kappa shape index (κ1) is 14.1. The van der Waals surface area contributed by atoms with E-state index in [0.717, 1.165) is 16.8 Å². The minimum atomic E-state index is -0.126. The Labute approximate surface area is 128 Å². The number of hydrogen-bond acceptors (Lipinski definition) is 2. The average Bonchev–Trinajstić information content (AvgIpc) is 2.50. The van der Waals surface area contributed by atoms with Crippen molar-refractivity contribution in [3.63, 3.8) is 0 Å². The van der Waals surface area contributed by atoms with Gasteiger partial charge in [0.25, 0.3) is 0 Å². The lowest BCUT2D eigenvalue weighted by Gasteiger charge is -2.11. The predicted octanol–water partition coefficient (Wildman–Crippen LogP) is 2.95. The summed E-state index contributed by atoms with van der Waals surface area (Å²) in [7, 11) is 0. The Hall–Kier alpha value is -2.88. The molecule has 0 bridgehead atoms. The fraction of sp³-hybridized carbons (Fsp3) is 0.111. The Kier molecular flexibility index (Phi) is 3.74. The van der Waals surface area contributed by atoms with Crippen LogP contribution in [-0.4, -0.2) is 10.5 Å². The van der Waals surface area contributed by atoms with Crippen LogP contribution in [0.15, 0.2) is 65.6 Å². The zero-order valence-electron chi connectivity index (χ0n) is 12.2. The summed E-state index contributed by atoms with van der Waals surface area (Å²) in [6.07, 6.45) is 1.65. The number of aryl methyl sites for hydroxylation is 1. The van der Waals surface area contributed by atoms with Crippen LogP contribution in [0.25, 0.3) is 10.9 Å². The van der Waals surface area contributed by atoms with E-state index in [2.05, 4.69) is 5.32 Å². The van der Waals surface area contributed by atoms with Crippen LogP contribution in [0.1, 0.15) is 5.56 Å². The second-order valence-electron chi connectivity index (χ2n) is 5.24. The number of carbonyl (C=O) groups excluding carboxylic acids is 1. The SMILES string of the molecule is Cc1cccc(NC(=O)Cn2ccc(=O)c3ccccc32)c1. The Balaban J connectivity index is 1.86. The number of pyridine rings is 1. The molecule has 4 nitrogen and oxygen atoms in total. The fourth-order valence-corrected chi connectivity index (χ4v) is 2.48. The van der Waals surface area contributed by atoms with Gasteiger partial charge < -0.3 is 9.88 Å². The number of benzene rings is 2. The first-order chi connectivity index (χ1) is 10.6. The molecule has 3 aromatic rings. The zero-order chi connectivity index (χ0) is 15.5. The number of hydrogen-bond donors (Lipinski definition) is 1. The van der Waals surface area contributed by atoms with Gasteiger partial charge in [0, 0.05) is 23.3 Å². The molecule has 22 heavy (non-hydrogen) atoms. The third-order valence-corrected chi connectivity index (χ3v) is 3.50. The van der Waals surface area contributed by atoms with Crippen molar-refractivity contribution < 1.29 is 4.79 Å². The van der Waals surface area contributed by atoms with Crippen molar-refractivity contribution in [2.24, 2.45) is 0 Å². The molecule has 0 spiro atoms. The van der Waals surface area contributed by atoms with Crippen molar-refractivity contribution in [1.29, 1.82) is 0 Å². The van der Waals surface area contributed by atoms with E-state index >= 15 is 0 Å². The average molecular weight is 292 g/mol. The monoisotopic (exact) mass is 292 g/mol. The summed E-state index contributed by atoms with van der Waals surface area (Å²) in [4.78, 5) is 24.0. The van der Waals surface area contributed by atoms with Gasteiger partial charge in [0.15, 0.2) is 5.43 Å². The maximum absolute atomic E-state index is 12.2. The molecular formula is C18H16N2O2. The van der Waals surface area contributed by atoms with E-state index in [1.807, 2.05) is 49.4 Å². The van der Waals surface area contributed by atoms with Gasteiger partial charge in [-0.05, 0) is 36.8 Å². The summed E-state index contributed by atoms with van der Waals surface area (Å²) >= 11 is 0. The van der Waals surface area contributed by atoms with Crippen molar-refractivity contribution in [2.45, 2.75) is 13.5 Å². The molecule has 3 rings (SSSR count). The molecular weight excluding hydrogens is 276 g/mol. The number of amides is 1. The van der Waals surface area contributed by atoms with E-state index < -0.39 is 0 Å². The van der Waals surface area contributed by atoms with Crippen molar-refractivity contribution in [3.8, 4) is 0 Å². The zero-order valence-corrected chi connectivity index (χ0v) is 12.2. The number of nitrogens with one attached hydrogen (secondary N) is 1. The lowest BCUT2D eigenvalue weighted by molar-refractivity contribution is -0.116. The van der Waals surface area contributed by atoms with Crippen molar-refractivity contribution in [1.82, 2.24) is 4.57 Å². The van der Waals surface area contributed by atoms with Gasteiger partial charge in [0.1, 0.15) is 6.54 Å². The van der Waals surface area contributed by atoms with Crippen LogP contribution in [0.5, 0.6) is 0 Å². The lowest BCUT2D eigenvalue weighted by atomic mass is 10.2. The van der Waals surface area contributed by atoms with E-state index in [1.54, 1.807) is 16.8 Å². The Morgan fingerprint density at radius 1 is 1.09 bits per heavy atom. The molecule has 0 fully saturated rings. The van der Waals surface area contributed by atoms with Crippen LogP contribution >= 0.6 is 0 Å². The summed E-state index contributed by atoms with van der Waals surface area (Å²) in [6.45, 7) is 2.14. The van der Waals surface area contributed by atoms with E-state index in [4.69, 9.17) is 0 Å². The number of nitrogens with zero attached hydrogens (tertiary/aromatic N) is 1. The molecule has 1 heterocycles. The quantitative estimate of drug-likeness (QED) is 0.807. The van der Waals surface area contributed by atoms with Crippen LogP contribution < -0.4 is 10.7 Å². The minimum Gasteiger partial charge on any atom is -0.338 e. The number of carbonyl (C=O) groups is 1. The topological polar surface area (TPSA) is 51.1 Å². The largest absolute Gasteiger partial charge is 0.338 e. The first-order valence-corrected chi connectivity index (χ1v) is 7.08. The summed E-state index contributed by atoms with van der Waals surface area (Å²) in [5, 5.41) is 3.49. The van der Waals surface area contributed by atoms with E-state index in [9.17, 15) is 9.59 Å². The fourth-order valence-electron chi connectivity index (χ4n) is 2.48.